The zero-order valence-corrected chi connectivity index (χ0v) is 9.93. The lowest BCUT2D eigenvalue weighted by molar-refractivity contribution is 0.0612. The van der Waals surface area contributed by atoms with Crippen molar-refractivity contribution >= 4 is 0 Å². The van der Waals surface area contributed by atoms with Crippen LogP contribution >= 0.6 is 0 Å². The van der Waals surface area contributed by atoms with E-state index in [1.54, 1.807) is 0 Å². The zero-order chi connectivity index (χ0) is 10.1. The standard InChI is InChI=1S/C12H25N/c1-10(2)11(3)12(4)6-8-13(5)9-7-12/h10-11H,6-9H2,1-5H3. The summed E-state index contributed by atoms with van der Waals surface area (Å²) in [5.74, 6) is 1.69. The molecule has 0 saturated carbocycles. The van der Waals surface area contributed by atoms with E-state index in [1.165, 1.54) is 25.9 Å². The maximum absolute atomic E-state index is 2.48. The molecule has 1 nitrogen and oxygen atoms in total. The topological polar surface area (TPSA) is 3.24 Å². The fourth-order valence-corrected chi connectivity index (χ4v) is 2.39. The van der Waals surface area contributed by atoms with E-state index in [1.807, 2.05) is 0 Å². The summed E-state index contributed by atoms with van der Waals surface area (Å²) in [6, 6.07) is 0. The van der Waals surface area contributed by atoms with Crippen molar-refractivity contribution in [2.45, 2.75) is 40.5 Å². The van der Waals surface area contributed by atoms with Crippen LogP contribution in [0.3, 0.4) is 0 Å². The lowest BCUT2D eigenvalue weighted by Crippen LogP contribution is -2.41. The van der Waals surface area contributed by atoms with Gasteiger partial charge in [0.2, 0.25) is 0 Å². The second-order valence-electron chi connectivity index (χ2n) is 5.49. The van der Waals surface area contributed by atoms with Crippen molar-refractivity contribution < 1.29 is 0 Å². The van der Waals surface area contributed by atoms with Crippen LogP contribution in [0.2, 0.25) is 0 Å². The van der Waals surface area contributed by atoms with Crippen molar-refractivity contribution in [2.24, 2.45) is 17.3 Å². The molecular formula is C12H25N. The molecule has 0 radical (unpaired) electrons. The Morgan fingerprint density at radius 2 is 1.54 bits per heavy atom. The summed E-state index contributed by atoms with van der Waals surface area (Å²) < 4.78 is 0. The molecule has 0 aromatic rings. The summed E-state index contributed by atoms with van der Waals surface area (Å²) in [6.07, 6.45) is 2.76. The van der Waals surface area contributed by atoms with Crippen LogP contribution in [-0.4, -0.2) is 25.0 Å². The summed E-state index contributed by atoms with van der Waals surface area (Å²) in [4.78, 5) is 2.45. The van der Waals surface area contributed by atoms with E-state index in [-0.39, 0.29) is 0 Å². The molecule has 1 heteroatoms. The minimum atomic E-state index is 0.598. The van der Waals surface area contributed by atoms with E-state index in [0.717, 1.165) is 11.8 Å². The Kier molecular flexibility index (Phi) is 3.39. The van der Waals surface area contributed by atoms with E-state index < -0.39 is 0 Å². The first-order chi connectivity index (χ1) is 5.96. The van der Waals surface area contributed by atoms with Gasteiger partial charge in [0.15, 0.2) is 0 Å². The third-order valence-electron chi connectivity index (χ3n) is 4.23. The monoisotopic (exact) mass is 183 g/mol. The smallest absolute Gasteiger partial charge is 0.00165 e. The van der Waals surface area contributed by atoms with Gasteiger partial charge in [-0.15, -0.1) is 0 Å². The molecule has 0 bridgehead atoms. The molecule has 1 saturated heterocycles. The van der Waals surface area contributed by atoms with Gasteiger partial charge >= 0.3 is 0 Å². The number of piperidine rings is 1. The number of rotatable bonds is 2. The minimum absolute atomic E-state index is 0.598. The molecule has 1 fully saturated rings. The van der Waals surface area contributed by atoms with Crippen LogP contribution in [0, 0.1) is 17.3 Å². The molecule has 0 spiro atoms. The number of hydrogen-bond donors (Lipinski definition) is 0. The Balaban J connectivity index is 2.56. The number of nitrogens with zero attached hydrogens (tertiary/aromatic N) is 1. The van der Waals surface area contributed by atoms with Gasteiger partial charge in [-0.3, -0.25) is 0 Å². The molecular weight excluding hydrogens is 158 g/mol. The predicted molar refractivity (Wildman–Crippen MR) is 58.8 cm³/mol. The highest BCUT2D eigenvalue weighted by Gasteiger charge is 2.35. The Morgan fingerprint density at radius 3 is 1.92 bits per heavy atom. The van der Waals surface area contributed by atoms with Crippen molar-refractivity contribution in [1.82, 2.24) is 4.90 Å². The van der Waals surface area contributed by atoms with E-state index in [4.69, 9.17) is 0 Å². The van der Waals surface area contributed by atoms with Crippen LogP contribution in [0.1, 0.15) is 40.5 Å². The third-order valence-corrected chi connectivity index (χ3v) is 4.23. The average molecular weight is 183 g/mol. The first-order valence-electron chi connectivity index (χ1n) is 5.64. The van der Waals surface area contributed by atoms with Crippen molar-refractivity contribution in [3.8, 4) is 0 Å². The molecule has 0 amide bonds. The molecule has 0 N–H and O–H groups in total. The minimum Gasteiger partial charge on any atom is -0.306 e. The third kappa shape index (κ3) is 2.46. The van der Waals surface area contributed by atoms with Crippen LogP contribution in [-0.2, 0) is 0 Å². The number of likely N-dealkylation sites (tertiary alicyclic amines) is 1. The van der Waals surface area contributed by atoms with Gasteiger partial charge < -0.3 is 4.90 Å². The van der Waals surface area contributed by atoms with Gasteiger partial charge in [-0.25, -0.2) is 0 Å². The summed E-state index contributed by atoms with van der Waals surface area (Å²) in [5.41, 5.74) is 0.598. The van der Waals surface area contributed by atoms with Crippen LogP contribution < -0.4 is 0 Å². The molecule has 1 heterocycles. The van der Waals surface area contributed by atoms with Crippen molar-refractivity contribution in [1.29, 1.82) is 0 Å². The summed E-state index contributed by atoms with van der Waals surface area (Å²) in [5, 5.41) is 0. The van der Waals surface area contributed by atoms with Gasteiger partial charge in [-0.1, -0.05) is 27.7 Å². The molecule has 1 rings (SSSR count). The fraction of sp³-hybridized carbons (Fsp3) is 1.00. The number of hydrogen-bond acceptors (Lipinski definition) is 1. The Labute approximate surface area is 83.5 Å². The van der Waals surface area contributed by atoms with Crippen LogP contribution in [0.5, 0.6) is 0 Å². The molecule has 1 unspecified atom stereocenters. The van der Waals surface area contributed by atoms with Crippen LogP contribution in [0.25, 0.3) is 0 Å². The van der Waals surface area contributed by atoms with Gasteiger partial charge in [0.1, 0.15) is 0 Å². The molecule has 78 valence electrons. The summed E-state index contributed by atoms with van der Waals surface area (Å²) in [6.45, 7) is 12.2. The van der Waals surface area contributed by atoms with E-state index in [9.17, 15) is 0 Å². The summed E-state index contributed by atoms with van der Waals surface area (Å²) in [7, 11) is 2.24. The van der Waals surface area contributed by atoms with Gasteiger partial charge in [0.25, 0.3) is 0 Å². The predicted octanol–water partition coefficient (Wildman–Crippen LogP) is 3.01. The first kappa shape index (κ1) is 11.0. The van der Waals surface area contributed by atoms with Crippen LogP contribution in [0.15, 0.2) is 0 Å². The molecule has 1 atom stereocenters. The largest absolute Gasteiger partial charge is 0.306 e. The highest BCUT2D eigenvalue weighted by molar-refractivity contribution is 4.86. The molecule has 0 aromatic heterocycles. The average Bonchev–Trinajstić information content (AvgIpc) is 2.09. The Morgan fingerprint density at radius 1 is 1.08 bits per heavy atom. The van der Waals surface area contributed by atoms with Crippen molar-refractivity contribution in [3.05, 3.63) is 0 Å². The first-order valence-corrected chi connectivity index (χ1v) is 5.64. The zero-order valence-electron chi connectivity index (χ0n) is 9.93. The quantitative estimate of drug-likeness (QED) is 0.636. The highest BCUT2D eigenvalue weighted by atomic mass is 15.1. The second-order valence-corrected chi connectivity index (χ2v) is 5.49. The van der Waals surface area contributed by atoms with Gasteiger partial charge in [-0.2, -0.15) is 0 Å². The van der Waals surface area contributed by atoms with E-state index >= 15 is 0 Å². The van der Waals surface area contributed by atoms with E-state index in [2.05, 4.69) is 39.6 Å². The van der Waals surface area contributed by atoms with E-state index in [0.29, 0.717) is 5.41 Å². The maximum atomic E-state index is 2.48. The fourth-order valence-electron chi connectivity index (χ4n) is 2.39. The normalized spacial score (nSPS) is 26.3. The highest BCUT2D eigenvalue weighted by Crippen LogP contribution is 2.41. The lowest BCUT2D eigenvalue weighted by Gasteiger charge is -2.44. The second kappa shape index (κ2) is 4.00. The Hall–Kier alpha value is -0.0400. The SMILES string of the molecule is CC(C)C(C)C1(C)CCN(C)CC1. The van der Waals surface area contributed by atoms with Crippen molar-refractivity contribution in [3.63, 3.8) is 0 Å². The Bertz CT molecular complexity index is 155. The van der Waals surface area contributed by atoms with Crippen LogP contribution in [0.4, 0.5) is 0 Å². The van der Waals surface area contributed by atoms with Gasteiger partial charge in [0, 0.05) is 0 Å². The van der Waals surface area contributed by atoms with Gasteiger partial charge in [0.05, 0.1) is 0 Å². The summed E-state index contributed by atoms with van der Waals surface area (Å²) >= 11 is 0. The van der Waals surface area contributed by atoms with Gasteiger partial charge in [-0.05, 0) is 50.2 Å². The molecule has 13 heavy (non-hydrogen) atoms. The molecule has 0 aliphatic carbocycles. The maximum Gasteiger partial charge on any atom is -0.00165 e. The lowest BCUT2D eigenvalue weighted by atomic mass is 9.67. The molecule has 0 aromatic carbocycles. The molecule has 1 aliphatic heterocycles. The molecule has 1 aliphatic rings. The van der Waals surface area contributed by atoms with Crippen molar-refractivity contribution in [2.75, 3.05) is 20.1 Å².